The molecule has 0 N–H and O–H groups in total. The van der Waals surface area contributed by atoms with Crippen molar-refractivity contribution in [1.29, 1.82) is 0 Å². The summed E-state index contributed by atoms with van der Waals surface area (Å²) >= 11 is 0. The molecule has 0 saturated heterocycles. The minimum atomic E-state index is -2.95. The Morgan fingerprint density at radius 2 is 1.87 bits per heavy atom. The highest BCUT2D eigenvalue weighted by molar-refractivity contribution is 7.90. The lowest BCUT2D eigenvalue weighted by Crippen LogP contribution is -2.26. The van der Waals surface area contributed by atoms with Crippen LogP contribution in [0.25, 0.3) is 0 Å². The average Bonchev–Trinajstić information content (AvgIpc) is 2.00. The molecule has 5 heteroatoms. The van der Waals surface area contributed by atoms with Gasteiger partial charge in [0.05, 0.1) is 11.4 Å². The van der Waals surface area contributed by atoms with Gasteiger partial charge < -0.3 is 4.74 Å². The summed E-state index contributed by atoms with van der Waals surface area (Å²) in [5.41, 5.74) is -0.456. The van der Waals surface area contributed by atoms with Crippen molar-refractivity contribution in [1.82, 2.24) is 0 Å². The molecule has 0 aliphatic rings. The smallest absolute Gasteiger partial charge is 0.147 e. The molecule has 0 unspecified atom stereocenters. The largest absolute Gasteiger partial charge is 0.378 e. The van der Waals surface area contributed by atoms with Gasteiger partial charge in [-0.05, 0) is 20.3 Å². The SMILES string of the molecule is COC(C)(C)CC(=O)CCCS(C)(=O)=O. The molecule has 0 fully saturated rings. The molecule has 0 radical (unpaired) electrons. The maximum absolute atomic E-state index is 11.4. The summed E-state index contributed by atoms with van der Waals surface area (Å²) in [5.74, 6) is 0.122. The molecule has 4 nitrogen and oxygen atoms in total. The molecule has 90 valence electrons. The number of carbonyl (C=O) groups excluding carboxylic acids is 1. The number of sulfone groups is 1. The quantitative estimate of drug-likeness (QED) is 0.666. The Kier molecular flexibility index (Phi) is 5.45. The first-order valence-corrected chi connectivity index (χ1v) is 6.97. The van der Waals surface area contributed by atoms with Crippen LogP contribution >= 0.6 is 0 Å². The summed E-state index contributed by atoms with van der Waals surface area (Å²) < 4.78 is 26.8. The first-order chi connectivity index (χ1) is 6.66. The number of hydrogen-bond donors (Lipinski definition) is 0. The third-order valence-corrected chi connectivity index (χ3v) is 3.18. The third kappa shape index (κ3) is 8.57. The monoisotopic (exact) mass is 236 g/mol. The van der Waals surface area contributed by atoms with E-state index >= 15 is 0 Å². The molecular weight excluding hydrogens is 216 g/mol. The maximum atomic E-state index is 11.4. The zero-order valence-electron chi connectivity index (χ0n) is 9.87. The van der Waals surface area contributed by atoms with Crippen molar-refractivity contribution >= 4 is 15.6 Å². The number of ketones is 1. The van der Waals surface area contributed by atoms with Crippen LogP contribution in [-0.4, -0.2) is 38.9 Å². The molecule has 0 spiro atoms. The van der Waals surface area contributed by atoms with E-state index in [-0.39, 0.29) is 11.5 Å². The highest BCUT2D eigenvalue weighted by Crippen LogP contribution is 2.15. The van der Waals surface area contributed by atoms with E-state index in [4.69, 9.17) is 4.74 Å². The predicted molar refractivity (Wildman–Crippen MR) is 59.7 cm³/mol. The fourth-order valence-corrected chi connectivity index (χ4v) is 1.84. The van der Waals surface area contributed by atoms with Crippen LogP contribution in [0, 0.1) is 0 Å². The number of methoxy groups -OCH3 is 1. The van der Waals surface area contributed by atoms with Crippen molar-refractivity contribution in [3.8, 4) is 0 Å². The zero-order valence-corrected chi connectivity index (χ0v) is 10.7. The van der Waals surface area contributed by atoms with Crippen molar-refractivity contribution in [3.05, 3.63) is 0 Å². The molecule has 0 heterocycles. The van der Waals surface area contributed by atoms with Gasteiger partial charge in [-0.25, -0.2) is 8.42 Å². The Hall–Kier alpha value is -0.420. The summed E-state index contributed by atoms with van der Waals surface area (Å²) in [6.07, 6.45) is 2.21. The molecule has 0 saturated carbocycles. The van der Waals surface area contributed by atoms with Crippen LogP contribution in [0.1, 0.15) is 33.1 Å². The fraction of sp³-hybridized carbons (Fsp3) is 0.900. The van der Waals surface area contributed by atoms with Crippen LogP contribution in [0.2, 0.25) is 0 Å². The molecule has 0 aliphatic carbocycles. The minimum absolute atomic E-state index is 0.0468. The van der Waals surface area contributed by atoms with E-state index in [1.165, 1.54) is 6.26 Å². The number of carbonyl (C=O) groups is 1. The lowest BCUT2D eigenvalue weighted by Gasteiger charge is -2.21. The highest BCUT2D eigenvalue weighted by atomic mass is 32.2. The van der Waals surface area contributed by atoms with Gasteiger partial charge in [-0.2, -0.15) is 0 Å². The number of Topliss-reactive ketones (excluding diaryl/α,β-unsaturated/α-hetero) is 1. The second kappa shape index (κ2) is 5.61. The van der Waals surface area contributed by atoms with Gasteiger partial charge >= 0.3 is 0 Å². The summed E-state index contributed by atoms with van der Waals surface area (Å²) in [6.45, 7) is 3.67. The molecule has 0 atom stereocenters. The summed E-state index contributed by atoms with van der Waals surface area (Å²) in [6, 6.07) is 0. The molecule has 0 aromatic rings. The van der Waals surface area contributed by atoms with Crippen LogP contribution in [0.4, 0.5) is 0 Å². The van der Waals surface area contributed by atoms with Crippen LogP contribution in [-0.2, 0) is 19.4 Å². The summed E-state index contributed by atoms with van der Waals surface area (Å²) in [7, 11) is -1.39. The normalized spacial score (nSPS) is 12.8. The van der Waals surface area contributed by atoms with Crippen LogP contribution in [0.15, 0.2) is 0 Å². The predicted octanol–water partition coefficient (Wildman–Crippen LogP) is 1.20. The fourth-order valence-electron chi connectivity index (χ4n) is 1.17. The van der Waals surface area contributed by atoms with Gasteiger partial charge in [-0.1, -0.05) is 0 Å². The van der Waals surface area contributed by atoms with E-state index in [1.54, 1.807) is 7.11 Å². The van der Waals surface area contributed by atoms with Gasteiger partial charge in [-0.15, -0.1) is 0 Å². The van der Waals surface area contributed by atoms with Crippen molar-refractivity contribution in [2.45, 2.75) is 38.7 Å². The van der Waals surface area contributed by atoms with Crippen molar-refractivity contribution in [3.63, 3.8) is 0 Å². The topological polar surface area (TPSA) is 60.4 Å². The second-order valence-corrected chi connectivity index (χ2v) is 6.67. The lowest BCUT2D eigenvalue weighted by atomic mass is 9.99. The molecule has 0 rings (SSSR count). The van der Waals surface area contributed by atoms with Gasteiger partial charge in [0.1, 0.15) is 15.6 Å². The van der Waals surface area contributed by atoms with E-state index in [2.05, 4.69) is 0 Å². The lowest BCUT2D eigenvalue weighted by molar-refractivity contribution is -0.124. The van der Waals surface area contributed by atoms with E-state index in [0.29, 0.717) is 19.3 Å². The van der Waals surface area contributed by atoms with Gasteiger partial charge in [0.2, 0.25) is 0 Å². The molecule has 0 aliphatic heterocycles. The van der Waals surface area contributed by atoms with Gasteiger partial charge in [0.15, 0.2) is 0 Å². The van der Waals surface area contributed by atoms with E-state index in [0.717, 1.165) is 0 Å². The van der Waals surface area contributed by atoms with E-state index in [1.807, 2.05) is 13.8 Å². The number of hydrogen-bond acceptors (Lipinski definition) is 4. The average molecular weight is 236 g/mol. The zero-order chi connectivity index (χ0) is 12.1. The second-order valence-electron chi connectivity index (χ2n) is 4.41. The Balaban J connectivity index is 3.87. The Morgan fingerprint density at radius 3 is 2.27 bits per heavy atom. The van der Waals surface area contributed by atoms with Crippen molar-refractivity contribution < 1.29 is 17.9 Å². The van der Waals surface area contributed by atoms with Gasteiger partial charge in [-0.3, -0.25) is 4.79 Å². The van der Waals surface area contributed by atoms with Crippen LogP contribution in [0.5, 0.6) is 0 Å². The Morgan fingerprint density at radius 1 is 1.33 bits per heavy atom. The van der Waals surface area contributed by atoms with Crippen molar-refractivity contribution in [2.24, 2.45) is 0 Å². The van der Waals surface area contributed by atoms with Crippen molar-refractivity contribution in [2.75, 3.05) is 19.1 Å². The summed E-state index contributed by atoms with van der Waals surface area (Å²) in [4.78, 5) is 11.4. The molecule has 15 heavy (non-hydrogen) atoms. The Labute approximate surface area is 91.9 Å². The third-order valence-electron chi connectivity index (χ3n) is 2.15. The Bertz CT molecular complexity index is 303. The molecule has 0 amide bonds. The standard InChI is InChI=1S/C10H20O4S/c1-10(2,14-3)8-9(11)6-5-7-15(4,12)13/h5-8H2,1-4H3. The highest BCUT2D eigenvalue weighted by Gasteiger charge is 2.20. The van der Waals surface area contributed by atoms with Crippen LogP contribution < -0.4 is 0 Å². The number of rotatable bonds is 7. The first kappa shape index (κ1) is 14.6. The maximum Gasteiger partial charge on any atom is 0.147 e. The van der Waals surface area contributed by atoms with Crippen LogP contribution in [0.3, 0.4) is 0 Å². The minimum Gasteiger partial charge on any atom is -0.378 e. The van der Waals surface area contributed by atoms with Gasteiger partial charge in [0, 0.05) is 26.2 Å². The molecule has 0 bridgehead atoms. The number of ether oxygens (including phenoxy) is 1. The summed E-state index contributed by atoms with van der Waals surface area (Å²) in [5, 5.41) is 0. The molecular formula is C10H20O4S. The first-order valence-electron chi connectivity index (χ1n) is 4.91. The molecule has 0 aromatic carbocycles. The van der Waals surface area contributed by atoms with E-state index in [9.17, 15) is 13.2 Å². The van der Waals surface area contributed by atoms with E-state index < -0.39 is 15.4 Å². The molecule has 0 aromatic heterocycles. The van der Waals surface area contributed by atoms with Gasteiger partial charge in [0.25, 0.3) is 0 Å².